The number of alkyl halides is 1. The van der Waals surface area contributed by atoms with Crippen LogP contribution >= 0.6 is 15.9 Å². The number of carbonyl (C=O) groups is 1. The Hall–Kier alpha value is -0.510. The van der Waals surface area contributed by atoms with Crippen molar-refractivity contribution < 1.29 is 9.53 Å². The third kappa shape index (κ3) is 6.02. The van der Waals surface area contributed by atoms with Gasteiger partial charge < -0.3 is 10.1 Å². The fraction of sp³-hybridized carbons (Fsp3) is 0.880. The van der Waals surface area contributed by atoms with Gasteiger partial charge in [0.25, 0.3) is 0 Å². The molecule has 0 heterocycles. The molecule has 4 heteroatoms. The molecule has 2 fully saturated rings. The normalized spacial score (nSPS) is 31.7. The number of allylic oxidation sites excluding steroid dienone is 2. The maximum absolute atomic E-state index is 12.5. The van der Waals surface area contributed by atoms with Crippen LogP contribution in [0.2, 0.25) is 0 Å². The SMILES string of the molecule is CC(C)=CCC1C2CC[C@H]([C@H](C)CCCC(C)C)[C@@]2(C)C1OC(=O)NCCCBr. The zero-order valence-corrected chi connectivity index (χ0v) is 21.2. The van der Waals surface area contributed by atoms with Gasteiger partial charge in [0.05, 0.1) is 0 Å². The quantitative estimate of drug-likeness (QED) is 0.195. The molecule has 2 saturated carbocycles. The van der Waals surface area contributed by atoms with Gasteiger partial charge in [-0.1, -0.05) is 74.5 Å². The number of ether oxygens (including phenoxy) is 1. The highest BCUT2D eigenvalue weighted by molar-refractivity contribution is 9.09. The average Bonchev–Trinajstić information content (AvgIpc) is 2.94. The standard InChI is InChI=1S/C25H44BrNO2/c1-17(2)9-7-10-19(5)21-13-14-22-20(12-11-18(3)4)23(25(21,22)6)29-24(28)27-16-8-15-26/h11,17,19-23H,7-10,12-16H2,1-6H3,(H,27,28)/t19-,20?,21-,22?,23?,25-/m1/s1. The summed E-state index contributed by atoms with van der Waals surface area (Å²) < 4.78 is 6.12. The first-order chi connectivity index (χ1) is 13.7. The number of halogens is 1. The second-order valence-corrected chi connectivity index (χ2v) is 11.2. The van der Waals surface area contributed by atoms with E-state index in [-0.39, 0.29) is 17.6 Å². The summed E-state index contributed by atoms with van der Waals surface area (Å²) in [6.07, 6.45) is 10.6. The van der Waals surface area contributed by atoms with Crippen molar-refractivity contribution in [2.24, 2.45) is 35.0 Å². The molecule has 0 spiro atoms. The zero-order chi connectivity index (χ0) is 21.6. The summed E-state index contributed by atoms with van der Waals surface area (Å²) in [5.41, 5.74) is 1.50. The van der Waals surface area contributed by atoms with Crippen LogP contribution in [0, 0.1) is 35.0 Å². The molecule has 168 valence electrons. The van der Waals surface area contributed by atoms with Crippen molar-refractivity contribution in [2.75, 3.05) is 11.9 Å². The molecular weight excluding hydrogens is 426 g/mol. The minimum Gasteiger partial charge on any atom is -0.445 e. The van der Waals surface area contributed by atoms with Gasteiger partial charge in [-0.3, -0.25) is 0 Å². The van der Waals surface area contributed by atoms with Crippen molar-refractivity contribution >= 4 is 22.0 Å². The molecule has 0 saturated heterocycles. The van der Waals surface area contributed by atoms with Crippen LogP contribution in [0.5, 0.6) is 0 Å². The number of nitrogens with one attached hydrogen (secondary N) is 1. The second-order valence-electron chi connectivity index (χ2n) is 10.4. The van der Waals surface area contributed by atoms with E-state index in [2.05, 4.69) is 68.9 Å². The number of rotatable bonds is 11. The van der Waals surface area contributed by atoms with E-state index in [1.807, 2.05) is 0 Å². The monoisotopic (exact) mass is 469 g/mol. The summed E-state index contributed by atoms with van der Waals surface area (Å²) in [6.45, 7) is 14.5. The van der Waals surface area contributed by atoms with Crippen LogP contribution in [0.3, 0.4) is 0 Å². The van der Waals surface area contributed by atoms with E-state index in [1.54, 1.807) is 0 Å². The Morgan fingerprint density at radius 1 is 1.21 bits per heavy atom. The van der Waals surface area contributed by atoms with Gasteiger partial charge in [-0.15, -0.1) is 0 Å². The average molecular weight is 471 g/mol. The number of fused-ring (bicyclic) bond motifs is 1. The minimum atomic E-state index is -0.226. The lowest BCUT2D eigenvalue weighted by Crippen LogP contribution is -2.62. The van der Waals surface area contributed by atoms with Crippen molar-refractivity contribution in [3.63, 3.8) is 0 Å². The van der Waals surface area contributed by atoms with Crippen LogP contribution in [-0.2, 0) is 4.74 Å². The van der Waals surface area contributed by atoms with Gasteiger partial charge in [-0.05, 0) is 63.2 Å². The maximum Gasteiger partial charge on any atom is 0.407 e. The Balaban J connectivity index is 2.07. The number of amides is 1. The number of carbonyl (C=O) groups excluding carboxylic acids is 1. The highest BCUT2D eigenvalue weighted by Gasteiger charge is 2.67. The molecule has 6 atom stereocenters. The van der Waals surface area contributed by atoms with E-state index in [1.165, 1.54) is 37.7 Å². The van der Waals surface area contributed by atoms with Crippen molar-refractivity contribution in [3.05, 3.63) is 11.6 Å². The smallest absolute Gasteiger partial charge is 0.407 e. The molecule has 0 aromatic rings. The molecule has 3 nitrogen and oxygen atoms in total. The fourth-order valence-electron chi connectivity index (χ4n) is 6.14. The second kappa shape index (κ2) is 11.2. The predicted molar refractivity (Wildman–Crippen MR) is 126 cm³/mol. The van der Waals surface area contributed by atoms with Gasteiger partial charge in [0.1, 0.15) is 6.10 Å². The first kappa shape index (κ1) is 24.8. The number of alkyl carbamates (subject to hydrolysis) is 1. The Morgan fingerprint density at radius 2 is 1.93 bits per heavy atom. The topological polar surface area (TPSA) is 38.3 Å². The van der Waals surface area contributed by atoms with Gasteiger partial charge in [-0.2, -0.15) is 0 Å². The van der Waals surface area contributed by atoms with Crippen LogP contribution in [-0.4, -0.2) is 24.1 Å². The van der Waals surface area contributed by atoms with Gasteiger partial charge in [0.2, 0.25) is 0 Å². The van der Waals surface area contributed by atoms with Gasteiger partial charge in [0, 0.05) is 23.2 Å². The predicted octanol–water partition coefficient (Wildman–Crippen LogP) is 7.35. The molecule has 3 unspecified atom stereocenters. The largest absolute Gasteiger partial charge is 0.445 e. The molecule has 0 aromatic carbocycles. The molecule has 1 amide bonds. The van der Waals surface area contributed by atoms with Gasteiger partial charge in [-0.25, -0.2) is 4.79 Å². The lowest BCUT2D eigenvalue weighted by atomic mass is 9.49. The Bertz CT molecular complexity index is 557. The molecule has 29 heavy (non-hydrogen) atoms. The molecule has 0 bridgehead atoms. The Morgan fingerprint density at radius 3 is 2.55 bits per heavy atom. The molecule has 0 aliphatic heterocycles. The van der Waals surface area contributed by atoms with E-state index in [9.17, 15) is 4.79 Å². The van der Waals surface area contributed by atoms with E-state index < -0.39 is 0 Å². The molecule has 0 radical (unpaired) electrons. The Kier molecular flexibility index (Phi) is 9.57. The number of hydrogen-bond acceptors (Lipinski definition) is 2. The van der Waals surface area contributed by atoms with Crippen molar-refractivity contribution in [2.45, 2.75) is 92.6 Å². The lowest BCUT2D eigenvalue weighted by molar-refractivity contribution is -0.179. The summed E-state index contributed by atoms with van der Waals surface area (Å²) in [7, 11) is 0. The molecule has 2 rings (SSSR count). The van der Waals surface area contributed by atoms with Crippen LogP contribution in [0.1, 0.15) is 86.5 Å². The summed E-state index contributed by atoms with van der Waals surface area (Å²) >= 11 is 3.42. The first-order valence-electron chi connectivity index (χ1n) is 11.9. The van der Waals surface area contributed by atoms with E-state index in [0.29, 0.717) is 30.2 Å². The molecular formula is C25H44BrNO2. The summed E-state index contributed by atoms with van der Waals surface area (Å²) in [5.74, 6) is 3.32. The first-order valence-corrected chi connectivity index (χ1v) is 13.0. The summed E-state index contributed by atoms with van der Waals surface area (Å²) in [5, 5.41) is 3.85. The van der Waals surface area contributed by atoms with Crippen LogP contribution in [0.25, 0.3) is 0 Å². The van der Waals surface area contributed by atoms with Crippen molar-refractivity contribution in [3.8, 4) is 0 Å². The van der Waals surface area contributed by atoms with Gasteiger partial charge in [0.15, 0.2) is 0 Å². The molecule has 1 N–H and O–H groups in total. The highest BCUT2D eigenvalue weighted by atomic mass is 79.9. The number of hydrogen-bond donors (Lipinski definition) is 1. The third-order valence-corrected chi connectivity index (χ3v) is 8.21. The van der Waals surface area contributed by atoms with E-state index in [4.69, 9.17) is 4.74 Å². The highest BCUT2D eigenvalue weighted by Crippen LogP contribution is 2.67. The van der Waals surface area contributed by atoms with E-state index in [0.717, 1.165) is 24.1 Å². The van der Waals surface area contributed by atoms with E-state index >= 15 is 0 Å². The van der Waals surface area contributed by atoms with Crippen molar-refractivity contribution in [1.29, 1.82) is 0 Å². The molecule has 2 aliphatic rings. The lowest BCUT2D eigenvalue weighted by Gasteiger charge is -2.59. The summed E-state index contributed by atoms with van der Waals surface area (Å²) in [6, 6.07) is 0. The van der Waals surface area contributed by atoms with Crippen LogP contribution < -0.4 is 5.32 Å². The molecule has 2 aliphatic carbocycles. The van der Waals surface area contributed by atoms with Gasteiger partial charge >= 0.3 is 6.09 Å². The van der Waals surface area contributed by atoms with Crippen LogP contribution in [0.15, 0.2) is 11.6 Å². The zero-order valence-electron chi connectivity index (χ0n) is 19.6. The Labute approximate surface area is 187 Å². The van der Waals surface area contributed by atoms with Crippen molar-refractivity contribution in [1.82, 2.24) is 5.32 Å². The fourth-order valence-corrected chi connectivity index (χ4v) is 6.42. The minimum absolute atomic E-state index is 0.0483. The summed E-state index contributed by atoms with van der Waals surface area (Å²) in [4.78, 5) is 12.5. The molecule has 0 aromatic heterocycles. The van der Waals surface area contributed by atoms with Crippen LogP contribution in [0.4, 0.5) is 4.79 Å². The maximum atomic E-state index is 12.5. The third-order valence-electron chi connectivity index (χ3n) is 7.65.